The summed E-state index contributed by atoms with van der Waals surface area (Å²) in [4.78, 5) is 12.1. The van der Waals surface area contributed by atoms with Gasteiger partial charge in [0.05, 0.1) is 13.5 Å². The molecular weight excluding hydrogens is 264 g/mol. The molecule has 0 unspecified atom stereocenters. The summed E-state index contributed by atoms with van der Waals surface area (Å²) in [7, 11) is 1.63. The van der Waals surface area contributed by atoms with Crippen LogP contribution in [0.15, 0.2) is 24.3 Å². The largest absolute Gasteiger partial charge is 0.497 e. The van der Waals surface area contributed by atoms with Gasteiger partial charge in [-0.25, -0.2) is 0 Å². The molecule has 21 heavy (non-hydrogen) atoms. The molecule has 0 radical (unpaired) electrons. The molecular formula is C17H26N2O2. The van der Waals surface area contributed by atoms with Gasteiger partial charge < -0.3 is 15.8 Å². The molecule has 4 nitrogen and oxygen atoms in total. The molecule has 0 heterocycles. The highest BCUT2D eigenvalue weighted by molar-refractivity contribution is 5.78. The third-order valence-electron chi connectivity index (χ3n) is 4.51. The first-order valence-corrected chi connectivity index (χ1v) is 7.77. The Hall–Kier alpha value is -1.55. The van der Waals surface area contributed by atoms with E-state index in [1.165, 1.54) is 19.3 Å². The van der Waals surface area contributed by atoms with Crippen LogP contribution in [0.4, 0.5) is 0 Å². The SMILES string of the molecule is COc1cccc(CC(=O)NCC2(CN)CCCCC2)c1. The van der Waals surface area contributed by atoms with Crippen molar-refractivity contribution in [1.29, 1.82) is 0 Å². The summed E-state index contributed by atoms with van der Waals surface area (Å²) in [6, 6.07) is 7.64. The minimum Gasteiger partial charge on any atom is -0.497 e. The number of methoxy groups -OCH3 is 1. The average Bonchev–Trinajstić information content (AvgIpc) is 2.54. The van der Waals surface area contributed by atoms with Gasteiger partial charge in [0.1, 0.15) is 5.75 Å². The Bertz CT molecular complexity index is 468. The highest BCUT2D eigenvalue weighted by Gasteiger charge is 2.30. The number of carbonyl (C=O) groups is 1. The summed E-state index contributed by atoms with van der Waals surface area (Å²) in [5.41, 5.74) is 7.03. The van der Waals surface area contributed by atoms with Crippen molar-refractivity contribution in [3.63, 3.8) is 0 Å². The summed E-state index contributed by atoms with van der Waals surface area (Å²) in [6.07, 6.45) is 6.38. The monoisotopic (exact) mass is 290 g/mol. The molecule has 3 N–H and O–H groups in total. The molecule has 1 aromatic rings. The van der Waals surface area contributed by atoms with Crippen LogP contribution in [0.3, 0.4) is 0 Å². The second-order valence-corrected chi connectivity index (χ2v) is 6.07. The third kappa shape index (κ3) is 4.46. The van der Waals surface area contributed by atoms with Crippen molar-refractivity contribution in [2.24, 2.45) is 11.1 Å². The molecule has 0 aromatic heterocycles. The fourth-order valence-electron chi connectivity index (χ4n) is 3.07. The van der Waals surface area contributed by atoms with Crippen molar-refractivity contribution < 1.29 is 9.53 Å². The molecule has 4 heteroatoms. The van der Waals surface area contributed by atoms with E-state index in [0.29, 0.717) is 19.5 Å². The number of hydrogen-bond acceptors (Lipinski definition) is 3. The standard InChI is InChI=1S/C17H26N2O2/c1-21-15-7-5-6-14(10-15)11-16(20)19-13-17(12-18)8-3-2-4-9-17/h5-7,10H,2-4,8-9,11-13,18H2,1H3,(H,19,20). The molecule has 1 aliphatic carbocycles. The maximum atomic E-state index is 12.1. The second-order valence-electron chi connectivity index (χ2n) is 6.07. The van der Waals surface area contributed by atoms with Gasteiger partial charge in [-0.05, 0) is 42.5 Å². The van der Waals surface area contributed by atoms with Crippen LogP contribution < -0.4 is 15.8 Å². The van der Waals surface area contributed by atoms with E-state index in [-0.39, 0.29) is 11.3 Å². The molecule has 1 fully saturated rings. The first kappa shape index (κ1) is 15.8. The zero-order valence-electron chi connectivity index (χ0n) is 12.9. The number of amides is 1. The van der Waals surface area contributed by atoms with Gasteiger partial charge in [0.2, 0.25) is 5.91 Å². The zero-order chi connectivity index (χ0) is 15.1. The highest BCUT2D eigenvalue weighted by Crippen LogP contribution is 2.34. The fraction of sp³-hybridized carbons (Fsp3) is 0.588. The smallest absolute Gasteiger partial charge is 0.224 e. The summed E-state index contributed by atoms with van der Waals surface area (Å²) in [5.74, 6) is 0.840. The van der Waals surface area contributed by atoms with Gasteiger partial charge in [0.25, 0.3) is 0 Å². The topological polar surface area (TPSA) is 64.3 Å². The Balaban J connectivity index is 1.86. The van der Waals surface area contributed by atoms with Gasteiger partial charge >= 0.3 is 0 Å². The van der Waals surface area contributed by atoms with Crippen LogP contribution in [0.5, 0.6) is 5.75 Å². The Morgan fingerprint density at radius 2 is 2.10 bits per heavy atom. The van der Waals surface area contributed by atoms with Crippen LogP contribution in [0.25, 0.3) is 0 Å². The first-order chi connectivity index (χ1) is 10.2. The van der Waals surface area contributed by atoms with Gasteiger partial charge in [-0.3, -0.25) is 4.79 Å². The predicted octanol–water partition coefficient (Wildman–Crippen LogP) is 2.26. The molecule has 0 saturated heterocycles. The summed E-state index contributed by atoms with van der Waals surface area (Å²) < 4.78 is 5.18. The van der Waals surface area contributed by atoms with Crippen LogP contribution in [-0.4, -0.2) is 26.1 Å². The molecule has 1 amide bonds. The van der Waals surface area contributed by atoms with Crippen molar-refractivity contribution in [1.82, 2.24) is 5.32 Å². The number of rotatable bonds is 6. The minimum atomic E-state index is 0.0571. The van der Waals surface area contributed by atoms with Crippen molar-refractivity contribution in [3.8, 4) is 5.75 Å². The Morgan fingerprint density at radius 1 is 1.33 bits per heavy atom. The van der Waals surface area contributed by atoms with Gasteiger partial charge in [0.15, 0.2) is 0 Å². The van der Waals surface area contributed by atoms with E-state index in [1.807, 2.05) is 24.3 Å². The van der Waals surface area contributed by atoms with Gasteiger partial charge in [-0.2, -0.15) is 0 Å². The van der Waals surface area contributed by atoms with Crippen LogP contribution in [0, 0.1) is 5.41 Å². The number of benzene rings is 1. The van der Waals surface area contributed by atoms with E-state index in [4.69, 9.17) is 10.5 Å². The molecule has 0 bridgehead atoms. The van der Waals surface area contributed by atoms with Gasteiger partial charge in [-0.1, -0.05) is 31.4 Å². The zero-order valence-corrected chi connectivity index (χ0v) is 12.9. The van der Waals surface area contributed by atoms with Crippen LogP contribution >= 0.6 is 0 Å². The number of nitrogens with two attached hydrogens (primary N) is 1. The first-order valence-electron chi connectivity index (χ1n) is 7.77. The lowest BCUT2D eigenvalue weighted by Crippen LogP contribution is -2.44. The van der Waals surface area contributed by atoms with Crippen LogP contribution in [-0.2, 0) is 11.2 Å². The van der Waals surface area contributed by atoms with Crippen LogP contribution in [0.1, 0.15) is 37.7 Å². The average molecular weight is 290 g/mol. The van der Waals surface area contributed by atoms with Crippen molar-refractivity contribution >= 4 is 5.91 Å². The van der Waals surface area contributed by atoms with Gasteiger partial charge in [-0.15, -0.1) is 0 Å². The molecule has 2 rings (SSSR count). The van der Waals surface area contributed by atoms with E-state index in [1.54, 1.807) is 7.11 Å². The molecule has 116 valence electrons. The number of nitrogens with one attached hydrogen (secondary N) is 1. The molecule has 0 aliphatic heterocycles. The normalized spacial score (nSPS) is 17.2. The summed E-state index contributed by atoms with van der Waals surface area (Å²) in [6.45, 7) is 1.36. The summed E-state index contributed by atoms with van der Waals surface area (Å²) in [5, 5.41) is 3.07. The maximum absolute atomic E-state index is 12.1. The predicted molar refractivity (Wildman–Crippen MR) is 84.3 cm³/mol. The van der Waals surface area contributed by atoms with E-state index in [0.717, 1.165) is 24.2 Å². The minimum absolute atomic E-state index is 0.0571. The molecule has 1 aliphatic rings. The number of ether oxygens (including phenoxy) is 1. The lowest BCUT2D eigenvalue weighted by atomic mass is 9.74. The Labute approximate surface area is 127 Å². The summed E-state index contributed by atoms with van der Waals surface area (Å²) >= 11 is 0. The molecule has 1 aromatic carbocycles. The quantitative estimate of drug-likeness (QED) is 0.844. The third-order valence-corrected chi connectivity index (χ3v) is 4.51. The highest BCUT2D eigenvalue weighted by atomic mass is 16.5. The molecule has 0 spiro atoms. The maximum Gasteiger partial charge on any atom is 0.224 e. The van der Waals surface area contributed by atoms with E-state index >= 15 is 0 Å². The lowest BCUT2D eigenvalue weighted by molar-refractivity contribution is -0.121. The van der Waals surface area contributed by atoms with Crippen LogP contribution in [0.2, 0.25) is 0 Å². The van der Waals surface area contributed by atoms with Crippen molar-refractivity contribution in [3.05, 3.63) is 29.8 Å². The Morgan fingerprint density at radius 3 is 2.76 bits per heavy atom. The number of hydrogen-bond donors (Lipinski definition) is 2. The van der Waals surface area contributed by atoms with E-state index < -0.39 is 0 Å². The Kier molecular flexibility index (Phi) is 5.62. The van der Waals surface area contributed by atoms with Crippen molar-refractivity contribution in [2.45, 2.75) is 38.5 Å². The second kappa shape index (κ2) is 7.46. The number of carbonyl (C=O) groups excluding carboxylic acids is 1. The van der Waals surface area contributed by atoms with Gasteiger partial charge in [0, 0.05) is 6.54 Å². The molecule has 1 saturated carbocycles. The fourth-order valence-corrected chi connectivity index (χ4v) is 3.07. The van der Waals surface area contributed by atoms with E-state index in [2.05, 4.69) is 5.32 Å². The van der Waals surface area contributed by atoms with Crippen molar-refractivity contribution in [2.75, 3.05) is 20.2 Å². The molecule has 0 atom stereocenters. The van der Waals surface area contributed by atoms with E-state index in [9.17, 15) is 4.79 Å². The lowest BCUT2D eigenvalue weighted by Gasteiger charge is -2.36.